The fourth-order valence-corrected chi connectivity index (χ4v) is 3.38. The van der Waals surface area contributed by atoms with E-state index in [2.05, 4.69) is 48.6 Å². The van der Waals surface area contributed by atoms with E-state index in [0.29, 0.717) is 22.4 Å². The van der Waals surface area contributed by atoms with Gasteiger partial charge in [-0.05, 0) is 59.4 Å². The van der Waals surface area contributed by atoms with Gasteiger partial charge in [0.15, 0.2) is 0 Å². The second-order valence-corrected chi connectivity index (χ2v) is 8.32. The molecule has 0 spiro atoms. The summed E-state index contributed by atoms with van der Waals surface area (Å²) in [5, 5.41) is 0.565. The van der Waals surface area contributed by atoms with E-state index in [4.69, 9.17) is 16.6 Å². The van der Waals surface area contributed by atoms with Crippen molar-refractivity contribution in [3.05, 3.63) is 21.1 Å². The molecule has 0 unspecified atom stereocenters. The van der Waals surface area contributed by atoms with Crippen LogP contribution in [0.2, 0.25) is 5.15 Å². The fourth-order valence-electron chi connectivity index (χ4n) is 2.84. The van der Waals surface area contributed by atoms with Crippen molar-refractivity contribution in [2.75, 3.05) is 0 Å². The number of nitrogens with zero attached hydrogens (tertiary/aromatic N) is 2. The molecule has 1 aliphatic carbocycles. The average molecular weight is 360 g/mol. The standard InChI is InChI=1S/C16H24BrClN2/c1-10(2)9-12-13(17)14(18)20-15(19-12)11-5-7-16(3,4)8-6-11/h10-11H,5-9H2,1-4H3. The zero-order valence-electron chi connectivity index (χ0n) is 12.8. The van der Waals surface area contributed by atoms with E-state index in [1.807, 2.05) is 0 Å². The van der Waals surface area contributed by atoms with Gasteiger partial charge in [0.2, 0.25) is 0 Å². The van der Waals surface area contributed by atoms with E-state index in [1.165, 1.54) is 25.7 Å². The van der Waals surface area contributed by atoms with Crippen LogP contribution in [0.15, 0.2) is 4.47 Å². The van der Waals surface area contributed by atoms with Crippen molar-refractivity contribution in [3.63, 3.8) is 0 Å². The van der Waals surface area contributed by atoms with E-state index in [1.54, 1.807) is 0 Å². The van der Waals surface area contributed by atoms with E-state index >= 15 is 0 Å². The summed E-state index contributed by atoms with van der Waals surface area (Å²) in [7, 11) is 0. The Morgan fingerprint density at radius 2 is 1.85 bits per heavy atom. The molecule has 1 saturated carbocycles. The summed E-state index contributed by atoms with van der Waals surface area (Å²) in [6.45, 7) is 9.10. The topological polar surface area (TPSA) is 25.8 Å². The summed E-state index contributed by atoms with van der Waals surface area (Å²) >= 11 is 9.81. The Bertz CT molecular complexity index is 476. The third-order valence-electron chi connectivity index (χ3n) is 4.20. The molecule has 0 aliphatic heterocycles. The van der Waals surface area contributed by atoms with Crippen LogP contribution in [-0.4, -0.2) is 9.97 Å². The van der Waals surface area contributed by atoms with Crippen molar-refractivity contribution in [2.24, 2.45) is 11.3 Å². The third kappa shape index (κ3) is 3.94. The van der Waals surface area contributed by atoms with Crippen LogP contribution in [-0.2, 0) is 6.42 Å². The van der Waals surface area contributed by atoms with Gasteiger partial charge in [0.25, 0.3) is 0 Å². The predicted molar refractivity (Wildman–Crippen MR) is 88.3 cm³/mol. The highest BCUT2D eigenvalue weighted by atomic mass is 79.9. The SMILES string of the molecule is CC(C)Cc1nc(C2CCC(C)(C)CC2)nc(Cl)c1Br. The molecule has 0 atom stereocenters. The third-order valence-corrected chi connectivity index (χ3v) is 5.54. The Labute approximate surface area is 135 Å². The molecule has 0 saturated heterocycles. The number of halogens is 2. The molecule has 2 nitrogen and oxygen atoms in total. The van der Waals surface area contributed by atoms with Crippen LogP contribution in [0.1, 0.15) is 70.8 Å². The number of aromatic nitrogens is 2. The van der Waals surface area contributed by atoms with Gasteiger partial charge in [0, 0.05) is 5.92 Å². The van der Waals surface area contributed by atoms with E-state index in [-0.39, 0.29) is 0 Å². The zero-order valence-corrected chi connectivity index (χ0v) is 15.2. The summed E-state index contributed by atoms with van der Waals surface area (Å²) in [6, 6.07) is 0. The van der Waals surface area contributed by atoms with Crippen molar-refractivity contribution < 1.29 is 0 Å². The van der Waals surface area contributed by atoms with Gasteiger partial charge < -0.3 is 0 Å². The first kappa shape index (κ1) is 16.2. The quantitative estimate of drug-likeness (QED) is 0.640. The first-order valence-corrected chi connectivity index (χ1v) is 8.67. The minimum Gasteiger partial charge on any atom is -0.236 e. The van der Waals surface area contributed by atoms with Crippen molar-refractivity contribution in [1.82, 2.24) is 9.97 Å². The van der Waals surface area contributed by atoms with Crippen LogP contribution < -0.4 is 0 Å². The monoisotopic (exact) mass is 358 g/mol. The van der Waals surface area contributed by atoms with Gasteiger partial charge in [-0.1, -0.05) is 39.3 Å². The lowest BCUT2D eigenvalue weighted by Crippen LogP contribution is -2.22. The fraction of sp³-hybridized carbons (Fsp3) is 0.750. The maximum absolute atomic E-state index is 6.28. The summed E-state index contributed by atoms with van der Waals surface area (Å²) in [6.07, 6.45) is 5.77. The predicted octanol–water partition coefficient (Wildman–Crippen LogP) is 5.77. The molecule has 0 aromatic carbocycles. The van der Waals surface area contributed by atoms with E-state index in [9.17, 15) is 0 Å². The molecular weight excluding hydrogens is 336 g/mol. The maximum atomic E-state index is 6.28. The lowest BCUT2D eigenvalue weighted by molar-refractivity contribution is 0.220. The molecule has 1 aromatic heterocycles. The average Bonchev–Trinajstić information content (AvgIpc) is 2.34. The Morgan fingerprint density at radius 3 is 2.40 bits per heavy atom. The number of rotatable bonds is 3. The van der Waals surface area contributed by atoms with Crippen LogP contribution in [0.4, 0.5) is 0 Å². The van der Waals surface area contributed by atoms with Crippen molar-refractivity contribution in [2.45, 2.75) is 65.7 Å². The van der Waals surface area contributed by atoms with Crippen LogP contribution in [0.3, 0.4) is 0 Å². The molecule has 1 aliphatic rings. The summed E-state index contributed by atoms with van der Waals surface area (Å²) in [4.78, 5) is 9.32. The van der Waals surface area contributed by atoms with Gasteiger partial charge in [0.1, 0.15) is 11.0 Å². The molecule has 4 heteroatoms. The van der Waals surface area contributed by atoms with Crippen molar-refractivity contribution in [1.29, 1.82) is 0 Å². The minimum absolute atomic E-state index is 0.469. The normalized spacial score (nSPS) is 19.6. The van der Waals surface area contributed by atoms with Gasteiger partial charge in [-0.15, -0.1) is 0 Å². The molecule has 0 amide bonds. The Morgan fingerprint density at radius 1 is 1.25 bits per heavy atom. The van der Waals surface area contributed by atoms with Crippen molar-refractivity contribution in [3.8, 4) is 0 Å². The minimum atomic E-state index is 0.469. The van der Waals surface area contributed by atoms with Crippen LogP contribution >= 0.6 is 27.5 Å². The Balaban J connectivity index is 2.22. The van der Waals surface area contributed by atoms with Gasteiger partial charge in [-0.3, -0.25) is 0 Å². The van der Waals surface area contributed by atoms with Gasteiger partial charge >= 0.3 is 0 Å². The smallest absolute Gasteiger partial charge is 0.147 e. The van der Waals surface area contributed by atoms with Gasteiger partial charge in [-0.25, -0.2) is 9.97 Å². The van der Waals surface area contributed by atoms with Gasteiger partial charge in [0.05, 0.1) is 10.2 Å². The molecule has 0 bridgehead atoms. The molecule has 2 rings (SSSR count). The van der Waals surface area contributed by atoms with E-state index in [0.717, 1.165) is 22.4 Å². The largest absolute Gasteiger partial charge is 0.236 e. The molecule has 0 radical (unpaired) electrons. The highest BCUT2D eigenvalue weighted by Gasteiger charge is 2.29. The molecule has 1 aromatic rings. The Hall–Kier alpha value is -0.150. The lowest BCUT2D eigenvalue weighted by atomic mass is 9.73. The highest BCUT2D eigenvalue weighted by molar-refractivity contribution is 9.10. The molecule has 1 fully saturated rings. The lowest BCUT2D eigenvalue weighted by Gasteiger charge is -2.33. The zero-order chi connectivity index (χ0) is 14.9. The first-order chi connectivity index (χ1) is 9.28. The molecule has 1 heterocycles. The molecule has 112 valence electrons. The highest BCUT2D eigenvalue weighted by Crippen LogP contribution is 2.42. The van der Waals surface area contributed by atoms with E-state index < -0.39 is 0 Å². The molecule has 20 heavy (non-hydrogen) atoms. The second kappa shape index (κ2) is 6.31. The summed E-state index contributed by atoms with van der Waals surface area (Å²) in [5.41, 5.74) is 1.52. The van der Waals surface area contributed by atoms with Crippen LogP contribution in [0.5, 0.6) is 0 Å². The first-order valence-electron chi connectivity index (χ1n) is 7.50. The second-order valence-electron chi connectivity index (χ2n) is 7.17. The number of hydrogen-bond acceptors (Lipinski definition) is 2. The maximum Gasteiger partial charge on any atom is 0.147 e. The summed E-state index contributed by atoms with van der Waals surface area (Å²) < 4.78 is 0.868. The number of hydrogen-bond donors (Lipinski definition) is 0. The molecule has 0 N–H and O–H groups in total. The van der Waals surface area contributed by atoms with Crippen LogP contribution in [0.25, 0.3) is 0 Å². The molecular formula is C16H24BrClN2. The van der Waals surface area contributed by atoms with Crippen LogP contribution in [0, 0.1) is 11.3 Å². The van der Waals surface area contributed by atoms with Gasteiger partial charge in [-0.2, -0.15) is 0 Å². The Kier molecular flexibility index (Phi) is 5.12. The van der Waals surface area contributed by atoms with Crippen molar-refractivity contribution >= 4 is 27.5 Å². The summed E-state index contributed by atoms with van der Waals surface area (Å²) in [5.74, 6) is 1.99.